The highest BCUT2D eigenvalue weighted by molar-refractivity contribution is 5.88. The molecule has 0 bridgehead atoms. The third kappa shape index (κ3) is 3.14. The van der Waals surface area contributed by atoms with E-state index >= 15 is 0 Å². The van der Waals surface area contributed by atoms with Crippen LogP contribution in [0.3, 0.4) is 0 Å². The van der Waals surface area contributed by atoms with Crippen LogP contribution in [0.25, 0.3) is 0 Å². The smallest absolute Gasteiger partial charge is 0.384 e. The molecule has 4 aliphatic carbocycles. The monoisotopic (exact) mass is 458 g/mol. The third-order valence-electron chi connectivity index (χ3n) is 11.8. The van der Waals surface area contributed by atoms with Crippen molar-refractivity contribution >= 4 is 5.97 Å². The number of fused-ring (bicyclic) bond motifs is 5. The first kappa shape index (κ1) is 25.1. The molecule has 0 radical (unpaired) electrons. The van der Waals surface area contributed by atoms with Gasteiger partial charge in [-0.2, -0.15) is 0 Å². The van der Waals surface area contributed by atoms with Crippen LogP contribution >= 0.6 is 0 Å². The molecule has 0 heterocycles. The Kier molecular flexibility index (Phi) is 6.28. The number of rotatable bonds is 2. The third-order valence-corrected chi connectivity index (χ3v) is 11.8. The minimum Gasteiger partial charge on any atom is -0.456 e. The van der Waals surface area contributed by atoms with Crippen LogP contribution in [-0.2, 0) is 9.53 Å². The zero-order chi connectivity index (χ0) is 24.4. The number of hydrogen-bond donors (Lipinski definition) is 2. The van der Waals surface area contributed by atoms with E-state index in [0.717, 1.165) is 38.5 Å². The Morgan fingerprint density at radius 1 is 1.00 bits per heavy atom. The van der Waals surface area contributed by atoms with Crippen molar-refractivity contribution in [2.75, 3.05) is 6.61 Å². The van der Waals surface area contributed by atoms with Crippen LogP contribution in [0.2, 0.25) is 0 Å². The molecule has 4 fully saturated rings. The first-order chi connectivity index (χ1) is 15.4. The van der Waals surface area contributed by atoms with E-state index in [1.165, 1.54) is 6.42 Å². The van der Waals surface area contributed by atoms with Crippen molar-refractivity contribution in [2.24, 2.45) is 52.3 Å². The molecule has 186 valence electrons. The number of esters is 1. The van der Waals surface area contributed by atoms with E-state index in [-0.39, 0.29) is 22.7 Å². The predicted octanol–water partition coefficient (Wildman–Crippen LogP) is 5.21. The summed E-state index contributed by atoms with van der Waals surface area (Å²) in [5.41, 5.74) is -2.24. The Hall–Kier alpha value is -1.05. The van der Waals surface area contributed by atoms with E-state index in [4.69, 9.17) is 4.74 Å². The van der Waals surface area contributed by atoms with Gasteiger partial charge >= 0.3 is 5.97 Å². The molecule has 0 aliphatic heterocycles. The minimum absolute atomic E-state index is 0.0269. The van der Waals surface area contributed by atoms with E-state index in [1.54, 1.807) is 6.92 Å². The fourth-order valence-corrected chi connectivity index (χ4v) is 9.91. The summed E-state index contributed by atoms with van der Waals surface area (Å²) in [7, 11) is 0. The number of hydrogen-bond acceptors (Lipinski definition) is 4. The fourth-order valence-electron chi connectivity index (χ4n) is 9.91. The lowest BCUT2D eigenvalue weighted by molar-refractivity contribution is -0.258. The summed E-state index contributed by atoms with van der Waals surface area (Å²) in [6, 6.07) is 0. The van der Waals surface area contributed by atoms with Gasteiger partial charge in [-0.1, -0.05) is 66.7 Å². The quantitative estimate of drug-likeness (QED) is 0.339. The lowest BCUT2D eigenvalue weighted by Crippen LogP contribution is -2.68. The molecule has 10 unspecified atom stereocenters. The highest BCUT2D eigenvalue weighted by Crippen LogP contribution is 2.73. The molecule has 4 saturated carbocycles. The average molecular weight is 459 g/mol. The van der Waals surface area contributed by atoms with Gasteiger partial charge in [-0.05, 0) is 79.4 Å². The SMILES string of the molecule is CCOC(=O)C#CC1(O)C(C)[C@@H](C)C2C3C(CC)C(C)C4(O)CCCCC4(C)C3CCC21C. The maximum absolute atomic E-state index is 12.2. The Morgan fingerprint density at radius 2 is 1.67 bits per heavy atom. The van der Waals surface area contributed by atoms with Gasteiger partial charge in [0, 0.05) is 11.3 Å². The molecule has 0 aromatic carbocycles. The molecule has 2 N–H and O–H groups in total. The molecule has 0 saturated heterocycles. The summed E-state index contributed by atoms with van der Waals surface area (Å²) in [5, 5.41) is 24.3. The lowest BCUT2D eigenvalue weighted by atomic mass is 9.38. The summed E-state index contributed by atoms with van der Waals surface area (Å²) in [5.74, 6) is 7.35. The van der Waals surface area contributed by atoms with Gasteiger partial charge in [-0.3, -0.25) is 0 Å². The van der Waals surface area contributed by atoms with Gasteiger partial charge in [-0.15, -0.1) is 0 Å². The molecule has 4 heteroatoms. The molecule has 0 aromatic rings. The highest BCUT2D eigenvalue weighted by Gasteiger charge is 2.73. The van der Waals surface area contributed by atoms with Crippen LogP contribution in [-0.4, -0.2) is 34.0 Å². The maximum atomic E-state index is 12.2. The van der Waals surface area contributed by atoms with E-state index in [1.807, 2.05) is 0 Å². The van der Waals surface area contributed by atoms with Crippen molar-refractivity contribution in [3.05, 3.63) is 0 Å². The summed E-state index contributed by atoms with van der Waals surface area (Å²) >= 11 is 0. The zero-order valence-electron chi connectivity index (χ0n) is 21.9. The Morgan fingerprint density at radius 3 is 2.30 bits per heavy atom. The molecular formula is C29H46O4. The van der Waals surface area contributed by atoms with Crippen LogP contribution in [0, 0.1) is 64.1 Å². The Labute approximate surface area is 201 Å². The molecule has 4 aliphatic rings. The average Bonchev–Trinajstić information content (AvgIpc) is 2.92. The van der Waals surface area contributed by atoms with Crippen molar-refractivity contribution in [3.63, 3.8) is 0 Å². The number of carbonyl (C=O) groups is 1. The molecule has 4 nitrogen and oxygen atoms in total. The van der Waals surface area contributed by atoms with Crippen molar-refractivity contribution in [1.29, 1.82) is 0 Å². The van der Waals surface area contributed by atoms with Gasteiger partial charge in [-0.25, -0.2) is 4.79 Å². The number of ether oxygens (including phenoxy) is 1. The van der Waals surface area contributed by atoms with Crippen molar-refractivity contribution in [2.45, 2.75) is 105 Å². The molecule has 0 aromatic heterocycles. The van der Waals surface area contributed by atoms with Gasteiger partial charge in [0.1, 0.15) is 5.60 Å². The molecule has 33 heavy (non-hydrogen) atoms. The van der Waals surface area contributed by atoms with Gasteiger partial charge < -0.3 is 14.9 Å². The summed E-state index contributed by atoms with van der Waals surface area (Å²) < 4.78 is 5.04. The van der Waals surface area contributed by atoms with Crippen LogP contribution in [0.15, 0.2) is 0 Å². The molecule has 11 atom stereocenters. The van der Waals surface area contributed by atoms with Crippen LogP contribution in [0.5, 0.6) is 0 Å². The normalized spacial score (nSPS) is 53.2. The molecule has 4 rings (SSSR count). The second-order valence-electron chi connectivity index (χ2n) is 12.5. The van der Waals surface area contributed by atoms with E-state index < -0.39 is 17.2 Å². The van der Waals surface area contributed by atoms with Gasteiger partial charge in [0.15, 0.2) is 0 Å². The first-order valence-corrected chi connectivity index (χ1v) is 13.6. The van der Waals surface area contributed by atoms with Crippen molar-refractivity contribution < 1.29 is 19.7 Å². The topological polar surface area (TPSA) is 66.8 Å². The van der Waals surface area contributed by atoms with E-state index in [9.17, 15) is 15.0 Å². The summed E-state index contributed by atoms with van der Waals surface area (Å²) in [6.45, 7) is 15.7. The van der Waals surface area contributed by atoms with Gasteiger partial charge in [0.2, 0.25) is 0 Å². The largest absolute Gasteiger partial charge is 0.456 e. The molecule has 0 amide bonds. The minimum atomic E-state index is -1.21. The molecule has 0 spiro atoms. The maximum Gasteiger partial charge on any atom is 0.384 e. The van der Waals surface area contributed by atoms with Crippen molar-refractivity contribution in [3.8, 4) is 11.8 Å². The van der Waals surface area contributed by atoms with E-state index in [2.05, 4.69) is 53.4 Å². The lowest BCUT2D eigenvalue weighted by Gasteiger charge is -2.68. The fraction of sp³-hybridized carbons (Fsp3) is 0.897. The second-order valence-corrected chi connectivity index (χ2v) is 12.5. The molecular weight excluding hydrogens is 412 g/mol. The van der Waals surface area contributed by atoms with Crippen LogP contribution in [0.4, 0.5) is 0 Å². The van der Waals surface area contributed by atoms with Gasteiger partial charge in [0.05, 0.1) is 12.2 Å². The van der Waals surface area contributed by atoms with Crippen LogP contribution in [0.1, 0.15) is 93.4 Å². The predicted molar refractivity (Wildman–Crippen MR) is 130 cm³/mol. The number of carbonyl (C=O) groups excluding carboxylic acids is 1. The first-order valence-electron chi connectivity index (χ1n) is 13.6. The Balaban J connectivity index is 1.80. The number of aliphatic hydroxyl groups is 2. The summed E-state index contributed by atoms with van der Waals surface area (Å²) in [6.07, 6.45) is 7.32. The van der Waals surface area contributed by atoms with E-state index in [0.29, 0.717) is 36.2 Å². The zero-order valence-corrected chi connectivity index (χ0v) is 21.9. The van der Waals surface area contributed by atoms with Gasteiger partial charge in [0.25, 0.3) is 0 Å². The second kappa shape index (κ2) is 8.27. The Bertz CT molecular complexity index is 842. The standard InChI is InChI=1S/C29H46O4/c1-8-21-20(5)28(31)15-11-10-14-26(28,6)22-12-16-27(7)25(24(21)22)18(3)19(4)29(27,32)17-13-23(30)33-9-2/h18-22,24-25,31-32H,8-12,14-16H2,1-7H3/t18-,19?,20?,21?,22?,24?,25?,26?,27?,28?,29?/m1/s1. The summed E-state index contributed by atoms with van der Waals surface area (Å²) in [4.78, 5) is 12.1. The van der Waals surface area contributed by atoms with Crippen molar-refractivity contribution in [1.82, 2.24) is 0 Å². The highest BCUT2D eigenvalue weighted by atomic mass is 16.5. The van der Waals surface area contributed by atoms with Crippen LogP contribution < -0.4 is 0 Å².